The first-order valence-electron chi connectivity index (χ1n) is 11.1. The van der Waals surface area contributed by atoms with E-state index in [1.165, 1.54) is 47.5 Å². The molecular weight excluding hydrogens is 340 g/mol. The van der Waals surface area contributed by atoms with Crippen molar-refractivity contribution in [3.8, 4) is 0 Å². The average molecular weight is 373 g/mol. The lowest BCUT2D eigenvalue weighted by molar-refractivity contribution is 0.120. The third kappa shape index (κ3) is 1.89. The number of hydrogen-bond donors (Lipinski definition) is 0. The second-order valence-electron chi connectivity index (χ2n) is 8.81. The summed E-state index contributed by atoms with van der Waals surface area (Å²) in [6.07, 6.45) is 11.4. The molecule has 2 aromatic rings. The van der Waals surface area contributed by atoms with Crippen molar-refractivity contribution in [3.63, 3.8) is 0 Å². The number of benzene rings is 2. The lowest BCUT2D eigenvalue weighted by Crippen LogP contribution is -2.66. The summed E-state index contributed by atoms with van der Waals surface area (Å²) in [5.41, 5.74) is 7.58. The lowest BCUT2D eigenvalue weighted by atomic mass is 9.47. The Morgan fingerprint density at radius 3 is 2.36 bits per heavy atom. The summed E-state index contributed by atoms with van der Waals surface area (Å²) >= 11 is 0. The predicted molar refractivity (Wildman–Crippen MR) is 120 cm³/mol. The topological polar surface area (TPSA) is 6.48 Å². The summed E-state index contributed by atoms with van der Waals surface area (Å²) in [5.74, 6) is 0. The van der Waals surface area contributed by atoms with Crippen LogP contribution in [-0.2, 0) is 11.8 Å². The van der Waals surface area contributed by atoms with Gasteiger partial charge in [0.1, 0.15) is 6.17 Å². The first-order valence-corrected chi connectivity index (χ1v) is 11.1. The maximum atomic E-state index is 2.65. The van der Waals surface area contributed by atoms with E-state index in [-0.39, 0.29) is 10.8 Å². The first-order chi connectivity index (χ1) is 13.6. The molecular formula is C26H32N2. The van der Waals surface area contributed by atoms with Crippen LogP contribution >= 0.6 is 0 Å². The number of anilines is 3. The Balaban J connectivity index is 1.77. The third-order valence-corrected chi connectivity index (χ3v) is 7.87. The SMILES string of the molecule is CCCCc1cccc2c1N(C)C1N2c2ccccc2C2(CC)C=CC12CC. The number of para-hydroxylation sites is 2. The third-order valence-electron chi connectivity index (χ3n) is 7.87. The van der Waals surface area contributed by atoms with Gasteiger partial charge in [-0.1, -0.05) is 69.7 Å². The van der Waals surface area contributed by atoms with Gasteiger partial charge in [-0.3, -0.25) is 0 Å². The molecule has 2 heteroatoms. The highest BCUT2D eigenvalue weighted by Gasteiger charge is 2.65. The molecule has 2 aliphatic heterocycles. The highest BCUT2D eigenvalue weighted by Crippen LogP contribution is 2.68. The van der Waals surface area contributed by atoms with Crippen molar-refractivity contribution in [1.29, 1.82) is 0 Å². The van der Waals surface area contributed by atoms with Crippen molar-refractivity contribution < 1.29 is 0 Å². The zero-order chi connectivity index (χ0) is 19.5. The Morgan fingerprint density at radius 2 is 1.68 bits per heavy atom. The minimum atomic E-state index is 0.152. The van der Waals surface area contributed by atoms with Crippen molar-refractivity contribution >= 4 is 17.1 Å². The van der Waals surface area contributed by atoms with E-state index in [9.17, 15) is 0 Å². The molecule has 0 fully saturated rings. The molecule has 0 saturated heterocycles. The number of allylic oxidation sites excluding steroid dienone is 1. The molecule has 5 rings (SSSR count). The van der Waals surface area contributed by atoms with Crippen LogP contribution in [-0.4, -0.2) is 13.2 Å². The number of fused-ring (bicyclic) bond motifs is 8. The van der Waals surface area contributed by atoms with E-state index in [0.717, 1.165) is 12.8 Å². The van der Waals surface area contributed by atoms with E-state index in [1.807, 2.05) is 0 Å². The standard InChI is InChI=1S/C26H32N2/c1-5-8-12-19-13-11-16-22-23(19)27(4)24-26(7-3)18-17-25(26,6-2)20-14-9-10-15-21(20)28(22)24/h9-11,13-18,24H,5-8,12H2,1-4H3. The molecule has 0 aromatic heterocycles. The molecule has 0 spiro atoms. The minimum absolute atomic E-state index is 0.152. The fraction of sp³-hybridized carbons (Fsp3) is 0.462. The van der Waals surface area contributed by atoms with Crippen molar-refractivity contribution in [2.24, 2.45) is 5.41 Å². The summed E-state index contributed by atoms with van der Waals surface area (Å²) in [7, 11) is 2.33. The summed E-state index contributed by atoms with van der Waals surface area (Å²) in [6.45, 7) is 7.04. The van der Waals surface area contributed by atoms with Crippen molar-refractivity contribution in [2.75, 3.05) is 16.8 Å². The normalized spacial score (nSPS) is 29.1. The molecule has 0 saturated carbocycles. The molecule has 0 amide bonds. The van der Waals surface area contributed by atoms with Gasteiger partial charge >= 0.3 is 0 Å². The van der Waals surface area contributed by atoms with E-state index < -0.39 is 0 Å². The fourth-order valence-corrected chi connectivity index (χ4v) is 6.48. The van der Waals surface area contributed by atoms with Crippen molar-refractivity contribution in [3.05, 3.63) is 65.7 Å². The van der Waals surface area contributed by atoms with E-state index in [4.69, 9.17) is 0 Å². The van der Waals surface area contributed by atoms with Gasteiger partial charge < -0.3 is 9.80 Å². The van der Waals surface area contributed by atoms with Crippen LogP contribution in [0.2, 0.25) is 0 Å². The van der Waals surface area contributed by atoms with Crippen LogP contribution in [0.3, 0.4) is 0 Å². The highest BCUT2D eigenvalue weighted by atomic mass is 15.4. The molecule has 3 atom stereocenters. The largest absolute Gasteiger partial charge is 0.351 e. The summed E-state index contributed by atoms with van der Waals surface area (Å²) in [6, 6.07) is 16.1. The van der Waals surface area contributed by atoms with E-state index in [0.29, 0.717) is 6.17 Å². The number of nitrogens with zero attached hydrogens (tertiary/aromatic N) is 2. The summed E-state index contributed by atoms with van der Waals surface area (Å²) in [5, 5.41) is 0. The summed E-state index contributed by atoms with van der Waals surface area (Å²) in [4.78, 5) is 5.26. The van der Waals surface area contributed by atoms with Gasteiger partial charge in [0.25, 0.3) is 0 Å². The molecule has 0 radical (unpaired) electrons. The minimum Gasteiger partial charge on any atom is -0.351 e. The van der Waals surface area contributed by atoms with Gasteiger partial charge in [0.05, 0.1) is 11.4 Å². The average Bonchev–Trinajstić information content (AvgIpc) is 3.01. The van der Waals surface area contributed by atoms with E-state index in [2.05, 4.69) is 92.2 Å². The number of rotatable bonds is 5. The van der Waals surface area contributed by atoms with Gasteiger partial charge in [0.2, 0.25) is 0 Å². The van der Waals surface area contributed by atoms with Gasteiger partial charge in [0.15, 0.2) is 0 Å². The Morgan fingerprint density at radius 1 is 0.893 bits per heavy atom. The van der Waals surface area contributed by atoms with Crippen LogP contribution in [0.1, 0.15) is 57.6 Å². The Labute approximate surface area is 169 Å². The van der Waals surface area contributed by atoms with Crippen LogP contribution < -0.4 is 9.80 Å². The van der Waals surface area contributed by atoms with Crippen LogP contribution in [0.25, 0.3) is 0 Å². The molecule has 2 aromatic carbocycles. The molecule has 0 N–H and O–H groups in total. The monoisotopic (exact) mass is 372 g/mol. The molecule has 1 aliphatic carbocycles. The predicted octanol–water partition coefficient (Wildman–Crippen LogP) is 6.57. The first kappa shape index (κ1) is 17.8. The quantitative estimate of drug-likeness (QED) is 0.548. The fourth-order valence-electron chi connectivity index (χ4n) is 6.48. The summed E-state index contributed by atoms with van der Waals surface area (Å²) < 4.78 is 0. The van der Waals surface area contributed by atoms with E-state index in [1.54, 1.807) is 0 Å². The van der Waals surface area contributed by atoms with Crippen molar-refractivity contribution in [2.45, 2.75) is 64.5 Å². The maximum absolute atomic E-state index is 2.65. The maximum Gasteiger partial charge on any atom is 0.116 e. The van der Waals surface area contributed by atoms with Gasteiger partial charge in [-0.15, -0.1) is 0 Å². The molecule has 28 heavy (non-hydrogen) atoms. The molecule has 0 bridgehead atoms. The molecule has 2 heterocycles. The Hall–Kier alpha value is -2.22. The molecule has 2 nitrogen and oxygen atoms in total. The number of unbranched alkanes of at least 4 members (excludes halogenated alkanes) is 1. The zero-order valence-electron chi connectivity index (χ0n) is 17.7. The van der Waals surface area contributed by atoms with E-state index >= 15 is 0 Å². The van der Waals surface area contributed by atoms with Gasteiger partial charge in [-0.05, 0) is 48.9 Å². The van der Waals surface area contributed by atoms with Gasteiger partial charge in [-0.25, -0.2) is 0 Å². The lowest BCUT2D eigenvalue weighted by Gasteiger charge is -2.63. The zero-order valence-corrected chi connectivity index (χ0v) is 17.7. The second kappa shape index (κ2) is 6.14. The van der Waals surface area contributed by atoms with Gasteiger partial charge in [-0.2, -0.15) is 0 Å². The van der Waals surface area contributed by atoms with Crippen LogP contribution in [0.4, 0.5) is 17.1 Å². The Bertz CT molecular complexity index is 945. The number of hydrogen-bond acceptors (Lipinski definition) is 2. The molecule has 3 aliphatic rings. The second-order valence-corrected chi connectivity index (χ2v) is 8.81. The number of aryl methyl sites for hydroxylation is 1. The molecule has 146 valence electrons. The smallest absolute Gasteiger partial charge is 0.116 e. The van der Waals surface area contributed by atoms with Crippen LogP contribution in [0.15, 0.2) is 54.6 Å². The van der Waals surface area contributed by atoms with Crippen LogP contribution in [0, 0.1) is 5.41 Å². The highest BCUT2D eigenvalue weighted by molar-refractivity contribution is 5.89. The Kier molecular flexibility index (Phi) is 3.91. The van der Waals surface area contributed by atoms with Crippen LogP contribution in [0.5, 0.6) is 0 Å². The van der Waals surface area contributed by atoms with Crippen molar-refractivity contribution in [1.82, 2.24) is 0 Å². The molecule has 3 unspecified atom stereocenters. The van der Waals surface area contributed by atoms with Gasteiger partial charge in [0, 0.05) is 23.6 Å².